The predicted octanol–water partition coefficient (Wildman–Crippen LogP) is 4.44. The van der Waals surface area contributed by atoms with Gasteiger partial charge in [0.05, 0.1) is 13.3 Å². The molecular formula is C19H14N2O3S. The van der Waals surface area contributed by atoms with E-state index in [0.29, 0.717) is 10.6 Å². The van der Waals surface area contributed by atoms with Crippen LogP contribution in [0.3, 0.4) is 0 Å². The fraction of sp³-hybridized carbons (Fsp3) is 0.0526. The molecule has 4 rings (SSSR count). The van der Waals surface area contributed by atoms with Crippen LogP contribution in [0.15, 0.2) is 60.2 Å². The number of hydrogen-bond acceptors (Lipinski definition) is 4. The molecule has 0 saturated carbocycles. The van der Waals surface area contributed by atoms with Gasteiger partial charge in [-0.2, -0.15) is 5.10 Å². The normalized spacial score (nSPS) is 10.9. The summed E-state index contributed by atoms with van der Waals surface area (Å²) in [5.41, 5.74) is 4.56. The molecule has 0 amide bonds. The minimum atomic E-state index is -0.925. The Labute approximate surface area is 147 Å². The van der Waals surface area contributed by atoms with E-state index in [1.807, 2.05) is 48.0 Å². The van der Waals surface area contributed by atoms with Gasteiger partial charge in [-0.1, -0.05) is 30.3 Å². The van der Waals surface area contributed by atoms with E-state index in [0.717, 1.165) is 27.8 Å². The fourth-order valence-corrected chi connectivity index (χ4v) is 3.57. The van der Waals surface area contributed by atoms with Gasteiger partial charge in [-0.25, -0.2) is 9.31 Å². The summed E-state index contributed by atoms with van der Waals surface area (Å²) < 4.78 is 7.36. The Bertz CT molecular complexity index is 1070. The van der Waals surface area contributed by atoms with Crippen LogP contribution < -0.4 is 4.74 Å². The molecule has 0 radical (unpaired) electrons. The SMILES string of the molecule is COc1cc(-c2ccccc2)cn2ncc(-c3csc(C(=O)O)c3)c12. The molecule has 0 aliphatic rings. The number of aromatic nitrogens is 2. The minimum absolute atomic E-state index is 0.300. The first kappa shape index (κ1) is 15.4. The zero-order valence-electron chi connectivity index (χ0n) is 13.3. The lowest BCUT2D eigenvalue weighted by atomic mass is 10.1. The van der Waals surface area contributed by atoms with Crippen LogP contribution in [0.5, 0.6) is 5.75 Å². The summed E-state index contributed by atoms with van der Waals surface area (Å²) in [6.07, 6.45) is 3.68. The van der Waals surface area contributed by atoms with Gasteiger partial charge < -0.3 is 9.84 Å². The lowest BCUT2D eigenvalue weighted by Gasteiger charge is -2.09. The van der Waals surface area contributed by atoms with Gasteiger partial charge in [0, 0.05) is 17.3 Å². The summed E-state index contributed by atoms with van der Waals surface area (Å²) in [7, 11) is 1.62. The van der Waals surface area contributed by atoms with Crippen LogP contribution in [0.25, 0.3) is 27.8 Å². The summed E-state index contributed by atoms with van der Waals surface area (Å²) in [5.74, 6) is -0.233. The van der Waals surface area contributed by atoms with Crippen molar-refractivity contribution in [3.05, 3.63) is 65.1 Å². The third-order valence-corrected chi connectivity index (χ3v) is 4.94. The smallest absolute Gasteiger partial charge is 0.345 e. The molecule has 4 aromatic rings. The zero-order chi connectivity index (χ0) is 17.4. The topological polar surface area (TPSA) is 63.8 Å². The second kappa shape index (κ2) is 6.07. The fourth-order valence-electron chi connectivity index (χ4n) is 2.83. The maximum Gasteiger partial charge on any atom is 0.345 e. The van der Waals surface area contributed by atoms with Gasteiger partial charge in [0.1, 0.15) is 16.1 Å². The molecule has 3 heterocycles. The van der Waals surface area contributed by atoms with Crippen LogP contribution in [0, 0.1) is 0 Å². The van der Waals surface area contributed by atoms with Crippen molar-refractivity contribution in [1.82, 2.24) is 9.61 Å². The van der Waals surface area contributed by atoms with Crippen LogP contribution >= 0.6 is 11.3 Å². The van der Waals surface area contributed by atoms with Crippen molar-refractivity contribution in [3.63, 3.8) is 0 Å². The maximum atomic E-state index is 11.1. The van der Waals surface area contributed by atoms with Crippen LogP contribution in [-0.2, 0) is 0 Å². The zero-order valence-corrected chi connectivity index (χ0v) is 14.2. The predicted molar refractivity (Wildman–Crippen MR) is 97.5 cm³/mol. The van der Waals surface area contributed by atoms with Crippen molar-refractivity contribution < 1.29 is 14.6 Å². The number of pyridine rings is 1. The van der Waals surface area contributed by atoms with E-state index in [9.17, 15) is 4.79 Å². The molecule has 0 fully saturated rings. The van der Waals surface area contributed by atoms with Crippen LogP contribution in [0.2, 0.25) is 0 Å². The van der Waals surface area contributed by atoms with Crippen LogP contribution in [0.4, 0.5) is 0 Å². The summed E-state index contributed by atoms with van der Waals surface area (Å²) in [4.78, 5) is 11.4. The Kier molecular flexibility index (Phi) is 3.74. The quantitative estimate of drug-likeness (QED) is 0.591. The highest BCUT2D eigenvalue weighted by molar-refractivity contribution is 7.12. The summed E-state index contributed by atoms with van der Waals surface area (Å²) >= 11 is 1.20. The highest BCUT2D eigenvalue weighted by Gasteiger charge is 2.16. The number of carboxylic acids is 1. The molecule has 0 bridgehead atoms. The number of ether oxygens (including phenoxy) is 1. The van der Waals surface area contributed by atoms with E-state index >= 15 is 0 Å². The lowest BCUT2D eigenvalue weighted by molar-refractivity contribution is 0.0702. The first-order chi connectivity index (χ1) is 12.2. The molecule has 0 atom stereocenters. The van der Waals surface area contributed by atoms with Crippen molar-refractivity contribution in [2.75, 3.05) is 7.11 Å². The molecular weight excluding hydrogens is 336 g/mol. The standard InChI is InChI=1S/C19H14N2O3S/c1-24-16-7-13(12-5-3-2-4-6-12)10-21-18(16)15(9-20-21)14-8-17(19(22)23)25-11-14/h2-11H,1H3,(H,22,23). The molecule has 0 saturated heterocycles. The van der Waals surface area contributed by atoms with Crippen molar-refractivity contribution in [2.24, 2.45) is 0 Å². The van der Waals surface area contributed by atoms with Gasteiger partial charge >= 0.3 is 5.97 Å². The van der Waals surface area contributed by atoms with Crippen molar-refractivity contribution >= 4 is 22.8 Å². The Morgan fingerprint density at radius 3 is 2.64 bits per heavy atom. The highest BCUT2D eigenvalue weighted by atomic mass is 32.1. The molecule has 0 spiro atoms. The molecule has 5 nitrogen and oxygen atoms in total. The molecule has 0 aliphatic carbocycles. The number of aromatic carboxylic acids is 1. The number of nitrogens with zero attached hydrogens (tertiary/aromatic N) is 2. The highest BCUT2D eigenvalue weighted by Crippen LogP contribution is 2.36. The summed E-state index contributed by atoms with van der Waals surface area (Å²) in [6.45, 7) is 0. The minimum Gasteiger partial charge on any atom is -0.494 e. The van der Waals surface area contributed by atoms with Gasteiger partial charge in [-0.3, -0.25) is 0 Å². The van der Waals surface area contributed by atoms with E-state index in [2.05, 4.69) is 5.10 Å². The second-order valence-corrected chi connectivity index (χ2v) is 6.43. The Morgan fingerprint density at radius 1 is 1.16 bits per heavy atom. The Morgan fingerprint density at radius 2 is 1.96 bits per heavy atom. The van der Waals surface area contributed by atoms with Crippen molar-refractivity contribution in [2.45, 2.75) is 0 Å². The maximum absolute atomic E-state index is 11.1. The Balaban J connectivity index is 1.89. The first-order valence-corrected chi connectivity index (χ1v) is 8.48. The third-order valence-electron chi connectivity index (χ3n) is 4.03. The monoisotopic (exact) mass is 350 g/mol. The van der Waals surface area contributed by atoms with Gasteiger partial charge in [0.2, 0.25) is 0 Å². The molecule has 6 heteroatoms. The third kappa shape index (κ3) is 2.66. The second-order valence-electron chi connectivity index (χ2n) is 5.52. The molecule has 1 aromatic carbocycles. The average Bonchev–Trinajstić information content (AvgIpc) is 3.28. The summed E-state index contributed by atoms with van der Waals surface area (Å²) in [5, 5.41) is 15.4. The summed E-state index contributed by atoms with van der Waals surface area (Å²) in [6, 6.07) is 13.6. The van der Waals surface area contributed by atoms with Gasteiger partial charge in [-0.05, 0) is 28.6 Å². The van der Waals surface area contributed by atoms with Crippen molar-refractivity contribution in [1.29, 1.82) is 0 Å². The van der Waals surface area contributed by atoms with Crippen molar-refractivity contribution in [3.8, 4) is 28.0 Å². The lowest BCUT2D eigenvalue weighted by Crippen LogP contribution is -1.94. The molecule has 25 heavy (non-hydrogen) atoms. The number of fused-ring (bicyclic) bond motifs is 1. The number of hydrogen-bond donors (Lipinski definition) is 1. The van der Waals surface area contributed by atoms with Crippen LogP contribution in [-0.4, -0.2) is 27.8 Å². The number of carbonyl (C=O) groups is 1. The van der Waals surface area contributed by atoms with E-state index in [4.69, 9.17) is 9.84 Å². The van der Waals surface area contributed by atoms with Crippen LogP contribution in [0.1, 0.15) is 9.67 Å². The number of methoxy groups -OCH3 is 1. The average molecular weight is 350 g/mol. The molecule has 0 aliphatic heterocycles. The van der Waals surface area contributed by atoms with E-state index in [1.54, 1.807) is 23.9 Å². The molecule has 0 unspecified atom stereocenters. The van der Waals surface area contributed by atoms with Gasteiger partial charge in [-0.15, -0.1) is 11.3 Å². The first-order valence-electron chi connectivity index (χ1n) is 7.60. The number of carboxylic acid groups (broad SMARTS) is 1. The van der Waals surface area contributed by atoms with E-state index < -0.39 is 5.97 Å². The Hall–Kier alpha value is -3.12. The van der Waals surface area contributed by atoms with Gasteiger partial charge in [0.15, 0.2) is 0 Å². The van der Waals surface area contributed by atoms with E-state index in [-0.39, 0.29) is 0 Å². The number of benzene rings is 1. The number of rotatable bonds is 4. The number of thiophene rings is 1. The molecule has 3 aromatic heterocycles. The molecule has 1 N–H and O–H groups in total. The molecule has 124 valence electrons. The van der Waals surface area contributed by atoms with E-state index in [1.165, 1.54) is 11.3 Å². The largest absolute Gasteiger partial charge is 0.494 e. The van der Waals surface area contributed by atoms with Gasteiger partial charge in [0.25, 0.3) is 0 Å².